The fourth-order valence-corrected chi connectivity index (χ4v) is 3.56. The van der Waals surface area contributed by atoms with E-state index in [1.807, 2.05) is 19.1 Å². The molecule has 1 aromatic carbocycles. The summed E-state index contributed by atoms with van der Waals surface area (Å²) in [5.74, 6) is 0. The molecule has 1 rings (SSSR count). The molecule has 0 spiro atoms. The maximum Gasteiger partial charge on any atom is 0.241 e. The Balaban J connectivity index is 2.99. The zero-order chi connectivity index (χ0) is 13.9. The summed E-state index contributed by atoms with van der Waals surface area (Å²) in [5, 5.41) is 9.13. The first-order valence-electron chi connectivity index (χ1n) is 5.99. The molecule has 0 fully saturated rings. The van der Waals surface area contributed by atoms with Crippen molar-refractivity contribution in [3.63, 3.8) is 0 Å². The van der Waals surface area contributed by atoms with Gasteiger partial charge in [0, 0.05) is 6.54 Å². The van der Waals surface area contributed by atoms with E-state index < -0.39 is 16.1 Å². The maximum atomic E-state index is 12.2. The third-order valence-corrected chi connectivity index (χ3v) is 4.49. The minimum Gasteiger partial charge on any atom is -0.393 e. The topological polar surface area (TPSA) is 66.4 Å². The van der Waals surface area contributed by atoms with Crippen molar-refractivity contribution in [1.82, 2.24) is 4.72 Å². The molecular weight excluding hydrogens is 250 g/mol. The van der Waals surface area contributed by atoms with Crippen LogP contribution in [-0.4, -0.2) is 26.2 Å². The van der Waals surface area contributed by atoms with Gasteiger partial charge in [-0.15, -0.1) is 0 Å². The summed E-state index contributed by atoms with van der Waals surface area (Å²) in [6, 6.07) is 3.71. The Morgan fingerprint density at radius 2 is 1.72 bits per heavy atom. The summed E-state index contributed by atoms with van der Waals surface area (Å²) >= 11 is 0. The number of aliphatic hydroxyl groups excluding tert-OH is 1. The molecule has 0 saturated heterocycles. The van der Waals surface area contributed by atoms with Crippen LogP contribution in [0.15, 0.2) is 17.0 Å². The lowest BCUT2D eigenvalue weighted by Gasteiger charge is -2.13. The summed E-state index contributed by atoms with van der Waals surface area (Å²) in [6.07, 6.45) is -0.101. The summed E-state index contributed by atoms with van der Waals surface area (Å²) in [7, 11) is -3.50. The monoisotopic (exact) mass is 271 g/mol. The van der Waals surface area contributed by atoms with Gasteiger partial charge in [0.05, 0.1) is 11.0 Å². The lowest BCUT2D eigenvalue weighted by Crippen LogP contribution is -2.28. The molecule has 0 bridgehead atoms. The molecule has 0 aliphatic rings. The van der Waals surface area contributed by atoms with Crippen LogP contribution in [-0.2, 0) is 10.0 Å². The number of sulfonamides is 1. The van der Waals surface area contributed by atoms with Gasteiger partial charge in [-0.05, 0) is 45.2 Å². The van der Waals surface area contributed by atoms with Crippen LogP contribution in [0.2, 0.25) is 0 Å². The molecule has 0 amide bonds. The molecule has 2 N–H and O–H groups in total. The molecule has 4 nitrogen and oxygen atoms in total. The second-order valence-corrected chi connectivity index (χ2v) is 6.47. The minimum absolute atomic E-state index is 0.243. The molecule has 0 radical (unpaired) electrons. The van der Waals surface area contributed by atoms with E-state index in [0.717, 1.165) is 16.7 Å². The van der Waals surface area contributed by atoms with Crippen LogP contribution in [0.25, 0.3) is 0 Å². The lowest BCUT2D eigenvalue weighted by molar-refractivity contribution is 0.186. The summed E-state index contributed by atoms with van der Waals surface area (Å²) < 4.78 is 26.9. The van der Waals surface area contributed by atoms with Crippen LogP contribution in [0.1, 0.15) is 30.0 Å². The van der Waals surface area contributed by atoms with Crippen LogP contribution in [0, 0.1) is 20.8 Å². The Hall–Kier alpha value is -0.910. The van der Waals surface area contributed by atoms with Gasteiger partial charge in [-0.3, -0.25) is 0 Å². The number of hydrogen-bond donors (Lipinski definition) is 2. The smallest absolute Gasteiger partial charge is 0.241 e. The van der Waals surface area contributed by atoms with Crippen LogP contribution < -0.4 is 4.72 Å². The first-order valence-corrected chi connectivity index (χ1v) is 7.48. The zero-order valence-corrected chi connectivity index (χ0v) is 12.1. The summed E-state index contributed by atoms with van der Waals surface area (Å²) in [6.45, 7) is 7.41. The SMILES string of the molecule is Cc1cc(C)c(S(=O)(=O)NCCC(C)O)c(C)c1. The normalized spacial score (nSPS) is 13.6. The molecule has 102 valence electrons. The van der Waals surface area contributed by atoms with Gasteiger partial charge < -0.3 is 5.11 Å². The second-order valence-electron chi connectivity index (χ2n) is 4.76. The maximum absolute atomic E-state index is 12.2. The van der Waals surface area contributed by atoms with Gasteiger partial charge in [0.1, 0.15) is 0 Å². The highest BCUT2D eigenvalue weighted by atomic mass is 32.2. The molecule has 18 heavy (non-hydrogen) atoms. The van der Waals surface area contributed by atoms with Crippen molar-refractivity contribution < 1.29 is 13.5 Å². The molecule has 0 aromatic heterocycles. The number of hydrogen-bond acceptors (Lipinski definition) is 3. The highest BCUT2D eigenvalue weighted by Gasteiger charge is 2.19. The largest absolute Gasteiger partial charge is 0.393 e. The Bertz CT molecular complexity index is 498. The Morgan fingerprint density at radius 3 is 2.17 bits per heavy atom. The molecular formula is C13H21NO3S. The predicted molar refractivity (Wildman–Crippen MR) is 72.1 cm³/mol. The molecule has 1 atom stereocenters. The zero-order valence-electron chi connectivity index (χ0n) is 11.3. The Kier molecular flexibility index (Phi) is 4.90. The van der Waals surface area contributed by atoms with Crippen LogP contribution in [0.4, 0.5) is 0 Å². The van der Waals surface area contributed by atoms with Crippen molar-refractivity contribution in [2.24, 2.45) is 0 Å². The minimum atomic E-state index is -3.50. The van der Waals surface area contributed by atoms with Gasteiger partial charge >= 0.3 is 0 Å². The summed E-state index contributed by atoms with van der Waals surface area (Å²) in [4.78, 5) is 0.346. The van der Waals surface area contributed by atoms with Gasteiger partial charge in [0.25, 0.3) is 0 Å². The standard InChI is InChI=1S/C13H21NO3S/c1-9-7-10(2)13(11(3)8-9)18(16,17)14-6-5-12(4)15/h7-8,12,14-15H,5-6H2,1-4H3. The fraction of sp³-hybridized carbons (Fsp3) is 0.538. The highest BCUT2D eigenvalue weighted by Crippen LogP contribution is 2.21. The molecule has 5 heteroatoms. The summed E-state index contributed by atoms with van der Waals surface area (Å²) in [5.41, 5.74) is 2.54. The van der Waals surface area contributed by atoms with Crippen LogP contribution in [0.5, 0.6) is 0 Å². The molecule has 0 aliphatic heterocycles. The first-order chi connectivity index (χ1) is 8.24. The second kappa shape index (κ2) is 5.82. The quantitative estimate of drug-likeness (QED) is 0.856. The van der Waals surface area contributed by atoms with E-state index in [1.54, 1.807) is 20.8 Å². The van der Waals surface area contributed by atoms with Gasteiger partial charge in [0.2, 0.25) is 10.0 Å². The first kappa shape index (κ1) is 15.1. The Labute approximate surface area is 109 Å². The van der Waals surface area contributed by atoms with E-state index >= 15 is 0 Å². The third-order valence-electron chi connectivity index (χ3n) is 2.73. The van der Waals surface area contributed by atoms with E-state index in [0.29, 0.717) is 11.3 Å². The van der Waals surface area contributed by atoms with Crippen molar-refractivity contribution in [2.45, 2.75) is 45.1 Å². The fourth-order valence-electron chi connectivity index (χ4n) is 2.07. The van der Waals surface area contributed by atoms with Gasteiger partial charge in [0.15, 0.2) is 0 Å². The van der Waals surface area contributed by atoms with E-state index in [9.17, 15) is 8.42 Å². The van der Waals surface area contributed by atoms with Crippen molar-refractivity contribution in [3.8, 4) is 0 Å². The molecule has 0 aliphatic carbocycles. The number of nitrogens with one attached hydrogen (secondary N) is 1. The predicted octanol–water partition coefficient (Wildman–Crippen LogP) is 1.66. The van der Waals surface area contributed by atoms with Gasteiger partial charge in [-0.2, -0.15) is 0 Å². The number of rotatable bonds is 5. The average Bonchev–Trinajstić information content (AvgIpc) is 2.13. The van der Waals surface area contributed by atoms with Crippen LogP contribution in [0.3, 0.4) is 0 Å². The van der Waals surface area contributed by atoms with E-state index in [-0.39, 0.29) is 6.54 Å². The number of aryl methyl sites for hydroxylation is 3. The van der Waals surface area contributed by atoms with Crippen molar-refractivity contribution in [1.29, 1.82) is 0 Å². The highest BCUT2D eigenvalue weighted by molar-refractivity contribution is 7.89. The molecule has 1 unspecified atom stereocenters. The average molecular weight is 271 g/mol. The molecule has 0 saturated carbocycles. The number of aliphatic hydroxyl groups is 1. The van der Waals surface area contributed by atoms with E-state index in [2.05, 4.69) is 4.72 Å². The number of benzene rings is 1. The Morgan fingerprint density at radius 1 is 1.22 bits per heavy atom. The van der Waals surface area contributed by atoms with Crippen molar-refractivity contribution in [2.75, 3.05) is 6.54 Å². The molecule has 0 heterocycles. The van der Waals surface area contributed by atoms with Crippen LogP contribution >= 0.6 is 0 Å². The van der Waals surface area contributed by atoms with Crippen molar-refractivity contribution in [3.05, 3.63) is 28.8 Å². The third kappa shape index (κ3) is 3.80. The van der Waals surface area contributed by atoms with E-state index in [4.69, 9.17) is 5.11 Å². The van der Waals surface area contributed by atoms with Gasteiger partial charge in [-0.25, -0.2) is 13.1 Å². The molecule has 1 aromatic rings. The van der Waals surface area contributed by atoms with Gasteiger partial charge in [-0.1, -0.05) is 17.7 Å². The van der Waals surface area contributed by atoms with E-state index in [1.165, 1.54) is 0 Å². The van der Waals surface area contributed by atoms with Crippen molar-refractivity contribution >= 4 is 10.0 Å². The lowest BCUT2D eigenvalue weighted by atomic mass is 10.1.